The van der Waals surface area contributed by atoms with E-state index in [0.717, 1.165) is 34.1 Å². The first kappa shape index (κ1) is 12.7. The highest BCUT2D eigenvalue weighted by Crippen LogP contribution is 2.32. The van der Waals surface area contributed by atoms with Crippen molar-refractivity contribution in [2.75, 3.05) is 32.2 Å². The molecule has 1 atom stereocenters. The Hall–Kier alpha value is -1.37. The molecule has 0 amide bonds. The van der Waals surface area contributed by atoms with E-state index in [1.807, 2.05) is 18.2 Å². The van der Waals surface area contributed by atoms with E-state index >= 15 is 0 Å². The molecule has 2 aromatic rings. The van der Waals surface area contributed by atoms with Crippen LogP contribution in [-0.4, -0.2) is 38.1 Å². The third-order valence-electron chi connectivity index (χ3n) is 2.91. The number of aromatic nitrogens is 1. The highest BCUT2D eigenvalue weighted by atomic mass is 32.1. The molecule has 1 aromatic carbocycles. The third-order valence-corrected chi connectivity index (χ3v) is 3.86. The van der Waals surface area contributed by atoms with Crippen LogP contribution in [0, 0.1) is 0 Å². The van der Waals surface area contributed by atoms with E-state index in [1.54, 1.807) is 18.4 Å². The summed E-state index contributed by atoms with van der Waals surface area (Å²) in [7, 11) is 1.66. The van der Waals surface area contributed by atoms with E-state index in [4.69, 9.17) is 14.2 Å². The SMILES string of the molecule is COc1cccc2sc(NC3COCCCO3)nc12. The van der Waals surface area contributed by atoms with Gasteiger partial charge in [-0.05, 0) is 18.6 Å². The fourth-order valence-electron chi connectivity index (χ4n) is 2.00. The fraction of sp³-hybridized carbons (Fsp3) is 0.462. The van der Waals surface area contributed by atoms with E-state index in [9.17, 15) is 0 Å². The number of rotatable bonds is 3. The van der Waals surface area contributed by atoms with E-state index in [0.29, 0.717) is 13.2 Å². The van der Waals surface area contributed by atoms with Crippen LogP contribution in [0.4, 0.5) is 5.13 Å². The summed E-state index contributed by atoms with van der Waals surface area (Å²) < 4.78 is 17.5. The van der Waals surface area contributed by atoms with Crippen LogP contribution in [0.3, 0.4) is 0 Å². The first-order valence-corrected chi connectivity index (χ1v) is 7.08. The van der Waals surface area contributed by atoms with Crippen LogP contribution in [0.25, 0.3) is 10.2 Å². The maximum absolute atomic E-state index is 5.66. The zero-order chi connectivity index (χ0) is 13.1. The molecule has 102 valence electrons. The van der Waals surface area contributed by atoms with Gasteiger partial charge in [-0.3, -0.25) is 0 Å². The molecule has 1 aromatic heterocycles. The first-order valence-electron chi connectivity index (χ1n) is 6.26. The van der Waals surface area contributed by atoms with Crippen molar-refractivity contribution in [3.8, 4) is 5.75 Å². The second-order valence-corrected chi connectivity index (χ2v) is 5.29. The average Bonchev–Trinajstić information content (AvgIpc) is 2.66. The van der Waals surface area contributed by atoms with Crippen LogP contribution >= 0.6 is 11.3 Å². The molecule has 3 rings (SSSR count). The molecule has 0 saturated carbocycles. The Balaban J connectivity index is 1.81. The van der Waals surface area contributed by atoms with Gasteiger partial charge in [0.05, 0.1) is 25.0 Å². The maximum atomic E-state index is 5.66. The Morgan fingerprint density at radius 2 is 2.37 bits per heavy atom. The number of nitrogens with zero attached hydrogens (tertiary/aromatic N) is 1. The zero-order valence-electron chi connectivity index (χ0n) is 10.7. The number of ether oxygens (including phenoxy) is 3. The lowest BCUT2D eigenvalue weighted by molar-refractivity contribution is 0.0441. The van der Waals surface area contributed by atoms with E-state index < -0.39 is 0 Å². The summed E-state index contributed by atoms with van der Waals surface area (Å²) >= 11 is 1.59. The van der Waals surface area contributed by atoms with Crippen LogP contribution in [-0.2, 0) is 9.47 Å². The Labute approximate surface area is 115 Å². The van der Waals surface area contributed by atoms with Gasteiger partial charge in [0, 0.05) is 6.61 Å². The fourth-order valence-corrected chi connectivity index (χ4v) is 2.92. The zero-order valence-corrected chi connectivity index (χ0v) is 11.5. The minimum atomic E-state index is -0.131. The number of fused-ring (bicyclic) bond motifs is 1. The summed E-state index contributed by atoms with van der Waals surface area (Å²) in [6, 6.07) is 5.91. The molecule has 1 fully saturated rings. The molecule has 0 aliphatic carbocycles. The van der Waals surface area contributed by atoms with Gasteiger partial charge in [0.25, 0.3) is 0 Å². The lowest BCUT2D eigenvalue weighted by atomic mass is 10.3. The van der Waals surface area contributed by atoms with Crippen LogP contribution in [0.5, 0.6) is 5.75 Å². The molecule has 0 spiro atoms. The van der Waals surface area contributed by atoms with Crippen molar-refractivity contribution in [1.82, 2.24) is 4.98 Å². The molecule has 2 heterocycles. The van der Waals surface area contributed by atoms with Crippen LogP contribution < -0.4 is 10.1 Å². The third kappa shape index (κ3) is 2.80. The van der Waals surface area contributed by atoms with Crippen LogP contribution in [0.1, 0.15) is 6.42 Å². The van der Waals surface area contributed by atoms with Crippen molar-refractivity contribution < 1.29 is 14.2 Å². The Kier molecular flexibility index (Phi) is 3.82. The van der Waals surface area contributed by atoms with Gasteiger partial charge in [-0.25, -0.2) is 4.98 Å². The maximum Gasteiger partial charge on any atom is 0.185 e. The molecule has 1 aliphatic heterocycles. The highest BCUT2D eigenvalue weighted by Gasteiger charge is 2.15. The van der Waals surface area contributed by atoms with Gasteiger partial charge in [-0.1, -0.05) is 17.4 Å². The van der Waals surface area contributed by atoms with Gasteiger partial charge in [0.15, 0.2) is 11.4 Å². The standard InChI is InChI=1S/C13H16N2O3S/c1-16-9-4-2-5-10-12(9)15-13(19-10)14-11-8-17-6-3-7-18-11/h2,4-5,11H,3,6-8H2,1H3,(H,14,15). The quantitative estimate of drug-likeness (QED) is 0.936. The van der Waals surface area contributed by atoms with E-state index in [1.165, 1.54) is 0 Å². The topological polar surface area (TPSA) is 52.6 Å². The van der Waals surface area contributed by atoms with E-state index in [2.05, 4.69) is 10.3 Å². The minimum absolute atomic E-state index is 0.131. The number of benzene rings is 1. The van der Waals surface area contributed by atoms with E-state index in [-0.39, 0.29) is 6.23 Å². The summed E-state index contributed by atoms with van der Waals surface area (Å²) in [6.45, 7) is 2.02. The summed E-state index contributed by atoms with van der Waals surface area (Å²) in [4.78, 5) is 4.56. The Bertz CT molecular complexity index is 550. The summed E-state index contributed by atoms with van der Waals surface area (Å²) in [6.07, 6.45) is 0.806. The summed E-state index contributed by atoms with van der Waals surface area (Å²) in [5.74, 6) is 0.792. The van der Waals surface area contributed by atoms with Crippen LogP contribution in [0.15, 0.2) is 18.2 Å². The number of hydrogen-bond acceptors (Lipinski definition) is 6. The van der Waals surface area contributed by atoms with Gasteiger partial charge in [-0.2, -0.15) is 0 Å². The van der Waals surface area contributed by atoms with Gasteiger partial charge in [0.1, 0.15) is 11.3 Å². The normalized spacial score (nSPS) is 20.2. The predicted molar refractivity (Wildman–Crippen MR) is 75.0 cm³/mol. The number of thiazole rings is 1. The molecule has 1 aliphatic rings. The second-order valence-electron chi connectivity index (χ2n) is 4.26. The van der Waals surface area contributed by atoms with Crippen molar-refractivity contribution in [3.63, 3.8) is 0 Å². The van der Waals surface area contributed by atoms with Crippen molar-refractivity contribution >= 4 is 26.7 Å². The predicted octanol–water partition coefficient (Wildman–Crippen LogP) is 2.48. The van der Waals surface area contributed by atoms with Crippen molar-refractivity contribution in [2.45, 2.75) is 12.6 Å². The van der Waals surface area contributed by atoms with Gasteiger partial charge in [-0.15, -0.1) is 0 Å². The monoisotopic (exact) mass is 280 g/mol. The van der Waals surface area contributed by atoms with Crippen LogP contribution in [0.2, 0.25) is 0 Å². The summed E-state index contributed by atoms with van der Waals surface area (Å²) in [5, 5.41) is 4.09. The average molecular weight is 280 g/mol. The van der Waals surface area contributed by atoms with Crippen molar-refractivity contribution in [3.05, 3.63) is 18.2 Å². The van der Waals surface area contributed by atoms with Crippen molar-refractivity contribution in [2.24, 2.45) is 0 Å². The Morgan fingerprint density at radius 3 is 3.26 bits per heavy atom. The number of hydrogen-bond donors (Lipinski definition) is 1. The summed E-state index contributed by atoms with van der Waals surface area (Å²) in [5.41, 5.74) is 0.882. The van der Waals surface area contributed by atoms with Gasteiger partial charge < -0.3 is 19.5 Å². The number of para-hydroxylation sites is 1. The smallest absolute Gasteiger partial charge is 0.185 e. The number of methoxy groups -OCH3 is 1. The molecule has 1 N–H and O–H groups in total. The highest BCUT2D eigenvalue weighted by molar-refractivity contribution is 7.22. The first-order chi connectivity index (χ1) is 9.36. The van der Waals surface area contributed by atoms with Gasteiger partial charge >= 0.3 is 0 Å². The largest absolute Gasteiger partial charge is 0.494 e. The molecular formula is C13H16N2O3S. The van der Waals surface area contributed by atoms with Crippen molar-refractivity contribution in [1.29, 1.82) is 0 Å². The molecule has 0 bridgehead atoms. The molecule has 1 unspecified atom stereocenters. The molecule has 5 nitrogen and oxygen atoms in total. The molecule has 0 radical (unpaired) electrons. The lowest BCUT2D eigenvalue weighted by Crippen LogP contribution is -2.26. The molecule has 1 saturated heterocycles. The van der Waals surface area contributed by atoms with Gasteiger partial charge in [0.2, 0.25) is 0 Å². The second kappa shape index (κ2) is 5.73. The number of anilines is 1. The number of nitrogens with one attached hydrogen (secondary N) is 1. The molecular weight excluding hydrogens is 264 g/mol. The molecule has 19 heavy (non-hydrogen) atoms. The minimum Gasteiger partial charge on any atom is -0.494 e. The molecule has 6 heteroatoms. The Morgan fingerprint density at radius 1 is 1.42 bits per heavy atom. The lowest BCUT2D eigenvalue weighted by Gasteiger charge is -2.14.